The van der Waals surface area contributed by atoms with Crippen LogP contribution >= 0.6 is 11.6 Å². The molecule has 0 spiro atoms. The van der Waals surface area contributed by atoms with Crippen LogP contribution < -0.4 is 0 Å². The lowest BCUT2D eigenvalue weighted by Gasteiger charge is -2.19. The molecule has 0 amide bonds. The van der Waals surface area contributed by atoms with Crippen LogP contribution in [0.4, 0.5) is 5.69 Å². The molecule has 2 rings (SSSR count). The number of hydrogen-bond donors (Lipinski definition) is 0. The number of nitrogens with zero attached hydrogens (tertiary/aromatic N) is 2. The number of ether oxygens (including phenoxy) is 1. The Labute approximate surface area is 135 Å². The number of hydrogen-bond acceptors (Lipinski definition) is 4. The van der Waals surface area contributed by atoms with E-state index in [2.05, 4.69) is 9.98 Å². The number of rotatable bonds is 3. The van der Waals surface area contributed by atoms with Gasteiger partial charge in [-0.2, -0.15) is 0 Å². The number of esters is 1. The summed E-state index contributed by atoms with van der Waals surface area (Å²) in [6.45, 7) is 7.34. The Hall–Kier alpha value is -1.94. The number of aliphatic imine (C=N–C) groups is 1. The standard InChI is InChI=1S/C17H19ClN2O2/c1-11(8-16(21)22-17(2,3)4)20-14-7-5-6-12-10-19-15(18)9-13(12)14/h5-7,9-10H,8H2,1-4H3. The second-order valence-electron chi connectivity index (χ2n) is 6.12. The summed E-state index contributed by atoms with van der Waals surface area (Å²) < 4.78 is 5.30. The molecule has 0 unspecified atom stereocenters. The lowest BCUT2D eigenvalue weighted by Crippen LogP contribution is -2.24. The van der Waals surface area contributed by atoms with Gasteiger partial charge in [0.05, 0.1) is 12.1 Å². The van der Waals surface area contributed by atoms with E-state index >= 15 is 0 Å². The van der Waals surface area contributed by atoms with E-state index in [0.717, 1.165) is 16.5 Å². The van der Waals surface area contributed by atoms with Gasteiger partial charge in [0.2, 0.25) is 0 Å². The Morgan fingerprint density at radius 3 is 2.77 bits per heavy atom. The zero-order valence-electron chi connectivity index (χ0n) is 13.2. The number of carbonyl (C=O) groups is 1. The van der Waals surface area contributed by atoms with E-state index < -0.39 is 5.60 Å². The molecule has 0 saturated carbocycles. The molecule has 0 radical (unpaired) electrons. The summed E-state index contributed by atoms with van der Waals surface area (Å²) in [6.07, 6.45) is 1.87. The molecule has 1 aromatic heterocycles. The van der Waals surface area contributed by atoms with Gasteiger partial charge >= 0.3 is 5.97 Å². The minimum Gasteiger partial charge on any atom is -0.460 e. The first-order valence-corrected chi connectivity index (χ1v) is 7.43. The molecule has 0 saturated heterocycles. The molecule has 116 valence electrons. The van der Waals surface area contributed by atoms with Crippen LogP contribution in [0.15, 0.2) is 35.5 Å². The second kappa shape index (κ2) is 6.44. The maximum absolute atomic E-state index is 11.8. The third kappa shape index (κ3) is 4.53. The average molecular weight is 319 g/mol. The molecule has 0 fully saturated rings. The third-order valence-electron chi connectivity index (χ3n) is 2.84. The van der Waals surface area contributed by atoms with Crippen molar-refractivity contribution < 1.29 is 9.53 Å². The number of fused-ring (bicyclic) bond motifs is 1. The van der Waals surface area contributed by atoms with Crippen molar-refractivity contribution in [1.82, 2.24) is 4.98 Å². The van der Waals surface area contributed by atoms with E-state index in [1.165, 1.54) is 0 Å². The van der Waals surface area contributed by atoms with Crippen LogP contribution in [0.25, 0.3) is 10.8 Å². The van der Waals surface area contributed by atoms with Crippen LogP contribution in [0, 0.1) is 0 Å². The Bertz CT molecular complexity index is 733. The predicted molar refractivity (Wildman–Crippen MR) is 90.0 cm³/mol. The van der Waals surface area contributed by atoms with Crippen molar-refractivity contribution in [3.05, 3.63) is 35.6 Å². The molecule has 4 nitrogen and oxygen atoms in total. The van der Waals surface area contributed by atoms with Crippen molar-refractivity contribution in [3.8, 4) is 0 Å². The summed E-state index contributed by atoms with van der Waals surface area (Å²) in [7, 11) is 0. The van der Waals surface area contributed by atoms with Crippen molar-refractivity contribution in [2.24, 2.45) is 4.99 Å². The van der Waals surface area contributed by atoms with Crippen LogP contribution in [0.1, 0.15) is 34.1 Å². The van der Waals surface area contributed by atoms with Crippen molar-refractivity contribution in [1.29, 1.82) is 0 Å². The van der Waals surface area contributed by atoms with Gasteiger partial charge in [-0.3, -0.25) is 9.79 Å². The Balaban J connectivity index is 2.25. The van der Waals surface area contributed by atoms with Crippen LogP contribution in [0.3, 0.4) is 0 Å². The quantitative estimate of drug-likeness (QED) is 0.467. The molecule has 22 heavy (non-hydrogen) atoms. The molecule has 0 aliphatic heterocycles. The minimum atomic E-state index is -0.490. The molecule has 0 bridgehead atoms. The first kappa shape index (κ1) is 16.4. The number of halogens is 1. The van der Waals surface area contributed by atoms with Gasteiger partial charge in [-0.25, -0.2) is 4.98 Å². The molecular weight excluding hydrogens is 300 g/mol. The van der Waals surface area contributed by atoms with Crippen LogP contribution in [-0.4, -0.2) is 22.3 Å². The van der Waals surface area contributed by atoms with Gasteiger partial charge in [-0.1, -0.05) is 23.7 Å². The van der Waals surface area contributed by atoms with E-state index in [9.17, 15) is 4.79 Å². The summed E-state index contributed by atoms with van der Waals surface area (Å²) in [5, 5.41) is 2.28. The highest BCUT2D eigenvalue weighted by Crippen LogP contribution is 2.27. The molecule has 1 aromatic carbocycles. The largest absolute Gasteiger partial charge is 0.460 e. The Morgan fingerprint density at radius 1 is 1.36 bits per heavy atom. The summed E-state index contributed by atoms with van der Waals surface area (Å²) >= 11 is 5.95. The lowest BCUT2D eigenvalue weighted by atomic mass is 10.1. The van der Waals surface area contributed by atoms with Crippen LogP contribution in [0.5, 0.6) is 0 Å². The lowest BCUT2D eigenvalue weighted by molar-refractivity contribution is -0.153. The fraction of sp³-hybridized carbons (Fsp3) is 0.353. The first-order chi connectivity index (χ1) is 10.2. The summed E-state index contributed by atoms with van der Waals surface area (Å²) in [5.41, 5.74) is 0.966. The topological polar surface area (TPSA) is 51.5 Å². The fourth-order valence-electron chi connectivity index (χ4n) is 2.06. The maximum atomic E-state index is 11.8. The van der Waals surface area contributed by atoms with Crippen LogP contribution in [0.2, 0.25) is 5.15 Å². The van der Waals surface area contributed by atoms with Gasteiger partial charge in [0.1, 0.15) is 10.8 Å². The SMILES string of the molecule is CC(CC(=O)OC(C)(C)C)=Nc1cccc2cnc(Cl)cc12. The molecule has 0 atom stereocenters. The Kier molecular flexibility index (Phi) is 4.81. The molecule has 2 aromatic rings. The van der Waals surface area contributed by atoms with Gasteiger partial charge in [0.15, 0.2) is 0 Å². The minimum absolute atomic E-state index is 0.159. The van der Waals surface area contributed by atoms with Crippen molar-refractivity contribution in [3.63, 3.8) is 0 Å². The number of aromatic nitrogens is 1. The zero-order chi connectivity index (χ0) is 16.3. The maximum Gasteiger partial charge on any atom is 0.312 e. The van der Waals surface area contributed by atoms with E-state index in [1.54, 1.807) is 12.3 Å². The molecule has 1 heterocycles. The van der Waals surface area contributed by atoms with Crippen LogP contribution in [-0.2, 0) is 9.53 Å². The number of benzene rings is 1. The normalized spacial score (nSPS) is 12.5. The Morgan fingerprint density at radius 2 is 2.09 bits per heavy atom. The smallest absolute Gasteiger partial charge is 0.312 e. The van der Waals surface area contributed by atoms with Crippen molar-refractivity contribution >= 4 is 39.7 Å². The molecule has 5 heteroatoms. The van der Waals surface area contributed by atoms with Gasteiger partial charge in [-0.05, 0) is 39.8 Å². The monoisotopic (exact) mass is 318 g/mol. The third-order valence-corrected chi connectivity index (χ3v) is 3.05. The van der Waals surface area contributed by atoms with E-state index in [1.807, 2.05) is 45.9 Å². The first-order valence-electron chi connectivity index (χ1n) is 7.05. The average Bonchev–Trinajstić information content (AvgIpc) is 2.37. The summed E-state index contributed by atoms with van der Waals surface area (Å²) in [4.78, 5) is 20.4. The van der Waals surface area contributed by atoms with E-state index in [4.69, 9.17) is 16.3 Å². The highest BCUT2D eigenvalue weighted by Gasteiger charge is 2.16. The van der Waals surface area contributed by atoms with Crippen molar-refractivity contribution in [2.75, 3.05) is 0 Å². The highest BCUT2D eigenvalue weighted by atomic mass is 35.5. The van der Waals surface area contributed by atoms with Gasteiger partial charge < -0.3 is 4.74 Å². The van der Waals surface area contributed by atoms with E-state index in [-0.39, 0.29) is 12.4 Å². The number of carbonyl (C=O) groups excluding carboxylic acids is 1. The molecule has 0 aliphatic rings. The summed E-state index contributed by atoms with van der Waals surface area (Å²) in [6, 6.07) is 7.51. The van der Waals surface area contributed by atoms with E-state index in [0.29, 0.717) is 10.9 Å². The van der Waals surface area contributed by atoms with Gasteiger partial charge in [0.25, 0.3) is 0 Å². The summed E-state index contributed by atoms with van der Waals surface area (Å²) in [5.74, 6) is -0.284. The second-order valence-corrected chi connectivity index (χ2v) is 6.50. The molecular formula is C17H19ClN2O2. The zero-order valence-corrected chi connectivity index (χ0v) is 13.9. The van der Waals surface area contributed by atoms with Gasteiger partial charge in [-0.15, -0.1) is 0 Å². The molecule has 0 aliphatic carbocycles. The van der Waals surface area contributed by atoms with Gasteiger partial charge in [0, 0.05) is 22.7 Å². The fourth-order valence-corrected chi connectivity index (χ4v) is 2.21. The number of pyridine rings is 1. The highest BCUT2D eigenvalue weighted by molar-refractivity contribution is 6.30. The predicted octanol–water partition coefficient (Wildman–Crippen LogP) is 4.71. The molecule has 0 N–H and O–H groups in total. The van der Waals surface area contributed by atoms with Crippen molar-refractivity contribution in [2.45, 2.75) is 39.7 Å².